The highest BCUT2D eigenvalue weighted by Gasteiger charge is 2.11. The van der Waals surface area contributed by atoms with Gasteiger partial charge in [0.05, 0.1) is 6.04 Å². The first kappa shape index (κ1) is 13.2. The Morgan fingerprint density at radius 2 is 1.89 bits per heavy atom. The molecule has 3 nitrogen and oxygen atoms in total. The summed E-state index contributed by atoms with van der Waals surface area (Å²) >= 11 is 1.66. The molecule has 0 aliphatic heterocycles. The quantitative estimate of drug-likeness (QED) is 0.896. The van der Waals surface area contributed by atoms with E-state index in [-0.39, 0.29) is 6.04 Å². The molecular formula is C14H19N3S. The molecule has 1 aromatic heterocycles. The van der Waals surface area contributed by atoms with E-state index in [1.807, 2.05) is 0 Å². The van der Waals surface area contributed by atoms with Gasteiger partial charge in [0.1, 0.15) is 10.0 Å². The van der Waals surface area contributed by atoms with Gasteiger partial charge >= 0.3 is 0 Å². The lowest BCUT2D eigenvalue weighted by Gasteiger charge is -2.06. The molecule has 0 aliphatic rings. The molecule has 0 fully saturated rings. The molecule has 0 saturated carbocycles. The normalized spacial score (nSPS) is 12.6. The SMILES string of the molecule is CCNC(C)c1nnc(-c2ccc(CC)cc2)s1. The summed E-state index contributed by atoms with van der Waals surface area (Å²) in [4.78, 5) is 0. The van der Waals surface area contributed by atoms with Crippen LogP contribution in [0.4, 0.5) is 0 Å². The van der Waals surface area contributed by atoms with Gasteiger partial charge in [0.2, 0.25) is 0 Å². The Balaban J connectivity index is 2.18. The maximum atomic E-state index is 4.27. The lowest BCUT2D eigenvalue weighted by molar-refractivity contribution is 0.590. The van der Waals surface area contributed by atoms with Crippen LogP contribution >= 0.6 is 11.3 Å². The van der Waals surface area contributed by atoms with Crippen LogP contribution in [0.15, 0.2) is 24.3 Å². The summed E-state index contributed by atoms with van der Waals surface area (Å²) < 4.78 is 0. The Bertz CT molecular complexity index is 490. The van der Waals surface area contributed by atoms with Crippen LogP contribution in [0.3, 0.4) is 0 Å². The molecule has 0 spiro atoms. The average molecular weight is 261 g/mol. The van der Waals surface area contributed by atoms with Crippen molar-refractivity contribution in [3.05, 3.63) is 34.8 Å². The zero-order chi connectivity index (χ0) is 13.0. The molecule has 1 N–H and O–H groups in total. The van der Waals surface area contributed by atoms with Crippen molar-refractivity contribution in [1.29, 1.82) is 0 Å². The Morgan fingerprint density at radius 3 is 2.50 bits per heavy atom. The van der Waals surface area contributed by atoms with E-state index in [2.05, 4.69) is 60.6 Å². The monoisotopic (exact) mass is 261 g/mol. The van der Waals surface area contributed by atoms with Crippen LogP contribution in [0.5, 0.6) is 0 Å². The molecule has 0 aliphatic carbocycles. The first-order chi connectivity index (χ1) is 8.74. The molecule has 1 unspecified atom stereocenters. The number of nitrogens with one attached hydrogen (secondary N) is 1. The van der Waals surface area contributed by atoms with E-state index in [1.54, 1.807) is 11.3 Å². The maximum absolute atomic E-state index is 4.27. The van der Waals surface area contributed by atoms with Gasteiger partial charge < -0.3 is 5.32 Å². The van der Waals surface area contributed by atoms with Gasteiger partial charge in [-0.1, -0.05) is 49.4 Å². The molecule has 2 rings (SSSR count). The minimum atomic E-state index is 0.274. The summed E-state index contributed by atoms with van der Waals surface area (Å²) in [6.45, 7) is 7.33. The van der Waals surface area contributed by atoms with E-state index in [0.717, 1.165) is 28.5 Å². The number of aryl methyl sites for hydroxylation is 1. The fourth-order valence-electron chi connectivity index (χ4n) is 1.80. The largest absolute Gasteiger partial charge is 0.308 e. The molecule has 0 amide bonds. The zero-order valence-electron chi connectivity index (χ0n) is 11.1. The van der Waals surface area contributed by atoms with Crippen molar-refractivity contribution in [3.63, 3.8) is 0 Å². The molecule has 0 radical (unpaired) electrons. The maximum Gasteiger partial charge on any atom is 0.147 e. The fraction of sp³-hybridized carbons (Fsp3) is 0.429. The van der Waals surface area contributed by atoms with E-state index >= 15 is 0 Å². The molecule has 0 bridgehead atoms. The molecule has 1 aromatic carbocycles. The highest BCUT2D eigenvalue weighted by Crippen LogP contribution is 2.26. The van der Waals surface area contributed by atoms with E-state index in [4.69, 9.17) is 0 Å². The number of aromatic nitrogens is 2. The van der Waals surface area contributed by atoms with Crippen LogP contribution in [-0.4, -0.2) is 16.7 Å². The van der Waals surface area contributed by atoms with E-state index in [1.165, 1.54) is 5.56 Å². The minimum absolute atomic E-state index is 0.274. The molecule has 2 aromatic rings. The van der Waals surface area contributed by atoms with E-state index in [0.29, 0.717) is 0 Å². The number of benzene rings is 1. The molecule has 1 heterocycles. The molecule has 18 heavy (non-hydrogen) atoms. The standard InChI is InChI=1S/C14H19N3S/c1-4-11-6-8-12(9-7-11)14-17-16-13(18-14)10(3)15-5-2/h6-10,15H,4-5H2,1-3H3. The second-order valence-electron chi connectivity index (χ2n) is 4.28. The predicted molar refractivity (Wildman–Crippen MR) is 76.8 cm³/mol. The van der Waals surface area contributed by atoms with Crippen molar-refractivity contribution >= 4 is 11.3 Å². The Kier molecular flexibility index (Phi) is 4.44. The molecule has 96 valence electrons. The third kappa shape index (κ3) is 2.94. The summed E-state index contributed by atoms with van der Waals surface area (Å²) in [6, 6.07) is 8.84. The third-order valence-corrected chi connectivity index (χ3v) is 4.09. The van der Waals surface area contributed by atoms with Gasteiger partial charge in [0.25, 0.3) is 0 Å². The van der Waals surface area contributed by atoms with Crippen LogP contribution in [0, 0.1) is 0 Å². The van der Waals surface area contributed by atoms with Gasteiger partial charge in [0.15, 0.2) is 0 Å². The van der Waals surface area contributed by atoms with Crippen LogP contribution in [0.2, 0.25) is 0 Å². The zero-order valence-corrected chi connectivity index (χ0v) is 11.9. The number of rotatable bonds is 5. The lowest BCUT2D eigenvalue weighted by atomic mass is 10.1. The Hall–Kier alpha value is -1.26. The van der Waals surface area contributed by atoms with E-state index < -0.39 is 0 Å². The Labute approximate surface area is 112 Å². The smallest absolute Gasteiger partial charge is 0.147 e. The first-order valence-electron chi connectivity index (χ1n) is 6.40. The highest BCUT2D eigenvalue weighted by molar-refractivity contribution is 7.14. The summed E-state index contributed by atoms with van der Waals surface area (Å²) in [7, 11) is 0. The minimum Gasteiger partial charge on any atom is -0.308 e. The number of hydrogen-bond acceptors (Lipinski definition) is 4. The predicted octanol–water partition coefficient (Wildman–Crippen LogP) is 3.44. The van der Waals surface area contributed by atoms with Gasteiger partial charge in [-0.25, -0.2) is 0 Å². The second kappa shape index (κ2) is 6.07. The van der Waals surface area contributed by atoms with Crippen molar-refractivity contribution in [2.75, 3.05) is 6.54 Å². The Morgan fingerprint density at radius 1 is 1.17 bits per heavy atom. The van der Waals surface area contributed by atoms with Gasteiger partial charge in [-0.15, -0.1) is 10.2 Å². The topological polar surface area (TPSA) is 37.8 Å². The van der Waals surface area contributed by atoms with Crippen LogP contribution in [0.25, 0.3) is 10.6 Å². The second-order valence-corrected chi connectivity index (χ2v) is 5.28. The molecule has 0 saturated heterocycles. The van der Waals surface area contributed by atoms with Crippen molar-refractivity contribution < 1.29 is 0 Å². The van der Waals surface area contributed by atoms with Crippen molar-refractivity contribution in [2.24, 2.45) is 0 Å². The molecule has 4 heteroatoms. The van der Waals surface area contributed by atoms with Crippen LogP contribution in [-0.2, 0) is 6.42 Å². The van der Waals surface area contributed by atoms with Gasteiger partial charge in [0, 0.05) is 5.56 Å². The average Bonchev–Trinajstić information content (AvgIpc) is 2.89. The van der Waals surface area contributed by atoms with Gasteiger partial charge in [-0.05, 0) is 25.5 Å². The molecule has 1 atom stereocenters. The first-order valence-corrected chi connectivity index (χ1v) is 7.22. The number of nitrogens with zero attached hydrogens (tertiary/aromatic N) is 2. The summed E-state index contributed by atoms with van der Waals surface area (Å²) in [5, 5.41) is 13.9. The van der Waals surface area contributed by atoms with Crippen molar-refractivity contribution in [3.8, 4) is 10.6 Å². The van der Waals surface area contributed by atoms with Crippen molar-refractivity contribution in [2.45, 2.75) is 33.2 Å². The van der Waals surface area contributed by atoms with E-state index in [9.17, 15) is 0 Å². The van der Waals surface area contributed by atoms with Crippen molar-refractivity contribution in [1.82, 2.24) is 15.5 Å². The third-order valence-electron chi connectivity index (χ3n) is 2.93. The lowest BCUT2D eigenvalue weighted by Crippen LogP contribution is -2.17. The fourth-order valence-corrected chi connectivity index (χ4v) is 2.68. The summed E-state index contributed by atoms with van der Waals surface area (Å²) in [6.07, 6.45) is 1.07. The van der Waals surface area contributed by atoms with Crippen LogP contribution < -0.4 is 5.32 Å². The summed E-state index contributed by atoms with van der Waals surface area (Å²) in [5.41, 5.74) is 2.50. The molecular weight excluding hydrogens is 242 g/mol. The van der Waals surface area contributed by atoms with Gasteiger partial charge in [-0.2, -0.15) is 0 Å². The van der Waals surface area contributed by atoms with Crippen LogP contribution in [0.1, 0.15) is 37.4 Å². The number of hydrogen-bond donors (Lipinski definition) is 1. The van der Waals surface area contributed by atoms with Gasteiger partial charge in [-0.3, -0.25) is 0 Å². The highest BCUT2D eigenvalue weighted by atomic mass is 32.1. The summed E-state index contributed by atoms with van der Waals surface area (Å²) in [5.74, 6) is 0.